The number of rotatable bonds is 0. The third-order valence-electron chi connectivity index (χ3n) is 0. The first-order chi connectivity index (χ1) is 1.00. The number of hydrogen-bond acceptors (Lipinski definition) is 0. The van der Waals surface area contributed by atoms with Crippen molar-refractivity contribution in [3.05, 3.63) is 0 Å². The molecule has 0 amide bonds. The molecule has 0 N–H and O–H groups in total. The third kappa shape index (κ3) is 9.74. The fourth-order valence-electron chi connectivity index (χ4n) is 0. The molecule has 4 heavy (non-hydrogen) atoms. The van der Waals surface area contributed by atoms with Crippen LogP contribution in [0, 0.1) is 0 Å². The molecule has 0 unspecified atom stereocenters. The van der Waals surface area contributed by atoms with Gasteiger partial charge in [-0.2, -0.15) is 0 Å². The van der Waals surface area contributed by atoms with Crippen LogP contribution in [0.25, 0.3) is 0 Å². The molecule has 0 saturated carbocycles. The Morgan fingerprint density at radius 2 is 1.00 bits per heavy atom. The van der Waals surface area contributed by atoms with Gasteiger partial charge in [0.25, 0.3) is 0 Å². The van der Waals surface area contributed by atoms with E-state index in [-0.39, 0.29) is 34.0 Å². The standard InChI is InChI=1S/CH3.Al.2BrH/h1H3;;2*1H/q;+2;;/p-2. The van der Waals surface area contributed by atoms with E-state index in [1.54, 1.807) is 0 Å². The predicted octanol–water partition coefficient (Wildman–Crippen LogP) is -5.79. The summed E-state index contributed by atoms with van der Waals surface area (Å²) in [4.78, 5) is 0. The molecule has 0 aliphatic heterocycles. The summed E-state index contributed by atoms with van der Waals surface area (Å²) in [6.07, 6.45) is 0. The van der Waals surface area contributed by atoms with Crippen LogP contribution in [0.5, 0.6) is 0 Å². The maximum absolute atomic E-state index is 2.42. The van der Waals surface area contributed by atoms with Crippen LogP contribution in [0.15, 0.2) is 0 Å². The van der Waals surface area contributed by atoms with Gasteiger partial charge in [-0.1, -0.05) is 0 Å². The van der Waals surface area contributed by atoms with E-state index in [4.69, 9.17) is 0 Å². The van der Waals surface area contributed by atoms with Gasteiger partial charge in [0.2, 0.25) is 0 Å². The second-order valence-electron chi connectivity index (χ2n) is 0. The van der Waals surface area contributed by atoms with Crippen molar-refractivity contribution >= 4 is 16.3 Å². The summed E-state index contributed by atoms with van der Waals surface area (Å²) < 4.78 is 0. The monoisotopic (exact) mass is 200 g/mol. The Kier molecular flexibility index (Phi) is 110. The zero-order valence-electron chi connectivity index (χ0n) is 2.33. The van der Waals surface area contributed by atoms with Gasteiger partial charge in [-0.3, -0.25) is 0 Å². The van der Waals surface area contributed by atoms with Crippen molar-refractivity contribution in [1.82, 2.24) is 0 Å². The van der Waals surface area contributed by atoms with E-state index in [0.29, 0.717) is 0 Å². The van der Waals surface area contributed by atoms with Crippen LogP contribution in [0.2, 0.25) is 5.79 Å². The summed E-state index contributed by atoms with van der Waals surface area (Å²) in [7, 11) is 0. The molecule has 0 aromatic heterocycles. The molecule has 0 rings (SSSR count). The second kappa shape index (κ2) is 24.6. The molecule has 0 radical (unpaired) electrons. The minimum atomic E-state index is 0. The van der Waals surface area contributed by atoms with Crippen LogP contribution in [0.1, 0.15) is 0 Å². The predicted molar refractivity (Wildman–Crippen MR) is 11.6 cm³/mol. The van der Waals surface area contributed by atoms with Crippen molar-refractivity contribution in [2.45, 2.75) is 5.79 Å². The molecule has 0 spiro atoms. The van der Waals surface area contributed by atoms with Crippen molar-refractivity contribution in [3.63, 3.8) is 0 Å². The topological polar surface area (TPSA) is 0 Å². The Bertz CT molecular complexity index is 6.00. The van der Waals surface area contributed by atoms with E-state index in [2.05, 4.69) is 16.3 Å². The van der Waals surface area contributed by atoms with Crippen molar-refractivity contribution in [3.8, 4) is 0 Å². The van der Waals surface area contributed by atoms with Crippen molar-refractivity contribution in [2.24, 2.45) is 0 Å². The van der Waals surface area contributed by atoms with Gasteiger partial charge in [0, 0.05) is 0 Å². The zero-order chi connectivity index (χ0) is 2.00. The van der Waals surface area contributed by atoms with Gasteiger partial charge >= 0.3 is 22.1 Å². The fourth-order valence-corrected chi connectivity index (χ4v) is 0. The summed E-state index contributed by atoms with van der Waals surface area (Å²) in [6, 6.07) is 0. The SMILES string of the molecule is [Br-].[Br-].[CH3][Al+2]. The van der Waals surface area contributed by atoms with Crippen molar-refractivity contribution in [1.29, 1.82) is 0 Å². The molecular weight excluding hydrogens is 199 g/mol. The molecule has 0 fully saturated rings. The maximum atomic E-state index is 2.42. The van der Waals surface area contributed by atoms with Gasteiger partial charge in [0.1, 0.15) is 0 Å². The number of hydrogen-bond donors (Lipinski definition) is 0. The fraction of sp³-hybridized carbons (Fsp3) is 1.00. The molecule has 0 atom stereocenters. The number of halogens is 2. The van der Waals surface area contributed by atoms with Gasteiger partial charge in [0.05, 0.1) is 0 Å². The van der Waals surface area contributed by atoms with E-state index in [9.17, 15) is 0 Å². The van der Waals surface area contributed by atoms with Crippen molar-refractivity contribution in [2.75, 3.05) is 0 Å². The van der Waals surface area contributed by atoms with E-state index in [1.165, 1.54) is 0 Å². The summed E-state index contributed by atoms with van der Waals surface area (Å²) >= 11 is 2.42. The van der Waals surface area contributed by atoms with Gasteiger partial charge in [-0.15, -0.1) is 0 Å². The quantitative estimate of drug-likeness (QED) is 0.343. The van der Waals surface area contributed by atoms with E-state index in [1.807, 2.05) is 5.79 Å². The van der Waals surface area contributed by atoms with Crippen LogP contribution in [-0.4, -0.2) is 16.3 Å². The van der Waals surface area contributed by atoms with E-state index < -0.39 is 0 Å². The zero-order valence-corrected chi connectivity index (χ0v) is 6.66. The first-order valence-corrected chi connectivity index (χ1v) is 1.73. The normalized spacial score (nSPS) is 1.75. The second-order valence-corrected chi connectivity index (χ2v) is 0. The van der Waals surface area contributed by atoms with E-state index >= 15 is 0 Å². The molecule has 0 nitrogen and oxygen atoms in total. The Morgan fingerprint density at radius 3 is 1.00 bits per heavy atom. The molecule has 0 aliphatic rings. The molecule has 0 aromatic rings. The molecule has 0 bridgehead atoms. The minimum absolute atomic E-state index is 0. The average Bonchev–Trinajstić information content (AvgIpc) is 1.00. The summed E-state index contributed by atoms with van der Waals surface area (Å²) in [5.74, 6) is 1.92. The van der Waals surface area contributed by atoms with Crippen LogP contribution >= 0.6 is 0 Å². The third-order valence-corrected chi connectivity index (χ3v) is 0. The van der Waals surface area contributed by atoms with Crippen molar-refractivity contribution < 1.29 is 34.0 Å². The van der Waals surface area contributed by atoms with Gasteiger partial charge < -0.3 is 34.0 Å². The van der Waals surface area contributed by atoms with Crippen LogP contribution in [0.3, 0.4) is 0 Å². The molecule has 0 saturated heterocycles. The Morgan fingerprint density at radius 1 is 1.00 bits per heavy atom. The Balaban J connectivity index is -0.00000000500. The van der Waals surface area contributed by atoms with Crippen LogP contribution in [-0.2, 0) is 0 Å². The van der Waals surface area contributed by atoms with Crippen LogP contribution < -0.4 is 34.0 Å². The van der Waals surface area contributed by atoms with Crippen LogP contribution in [0.4, 0.5) is 0 Å². The molecule has 24 valence electrons. The first kappa shape index (κ1) is 17.8. The summed E-state index contributed by atoms with van der Waals surface area (Å²) in [5, 5.41) is 0. The average molecular weight is 202 g/mol. The molecule has 0 heterocycles. The molecular formula is CH3AlBr2. The van der Waals surface area contributed by atoms with Gasteiger partial charge in [0.15, 0.2) is 0 Å². The summed E-state index contributed by atoms with van der Waals surface area (Å²) in [6.45, 7) is 0. The molecule has 0 aromatic carbocycles. The Hall–Kier alpha value is 1.49. The van der Waals surface area contributed by atoms with Gasteiger partial charge in [-0.25, -0.2) is 0 Å². The summed E-state index contributed by atoms with van der Waals surface area (Å²) in [5.41, 5.74) is 0. The van der Waals surface area contributed by atoms with Gasteiger partial charge in [-0.05, 0) is 0 Å². The molecule has 0 aliphatic carbocycles. The van der Waals surface area contributed by atoms with E-state index in [0.717, 1.165) is 0 Å². The Labute approximate surface area is 55.9 Å². The molecule has 3 heteroatoms. The first-order valence-electron chi connectivity index (χ1n) is 0.577.